The highest BCUT2D eigenvalue weighted by molar-refractivity contribution is 5.98. The highest BCUT2D eigenvalue weighted by Gasteiger charge is 2.32. The van der Waals surface area contributed by atoms with Crippen LogP contribution in [0.4, 0.5) is 17.6 Å². The summed E-state index contributed by atoms with van der Waals surface area (Å²) in [6, 6.07) is 11.3. The van der Waals surface area contributed by atoms with E-state index in [0.717, 1.165) is 6.42 Å². The fraction of sp³-hybridized carbons (Fsp3) is 0.261. The van der Waals surface area contributed by atoms with Crippen molar-refractivity contribution in [3.05, 3.63) is 65.9 Å². The van der Waals surface area contributed by atoms with E-state index in [1.807, 2.05) is 0 Å². The monoisotopic (exact) mass is 474 g/mol. The van der Waals surface area contributed by atoms with E-state index in [2.05, 4.69) is 19.9 Å². The van der Waals surface area contributed by atoms with Crippen LogP contribution < -0.4 is 4.74 Å². The molecule has 1 aliphatic heterocycles. The summed E-state index contributed by atoms with van der Waals surface area (Å²) in [6.07, 6.45) is -3.36. The molecule has 34 heavy (non-hydrogen) atoms. The largest absolute Gasteiger partial charge is 0.573 e. The molecule has 0 saturated carbocycles. The minimum absolute atomic E-state index is 0.191. The van der Waals surface area contributed by atoms with Gasteiger partial charge in [-0.15, -0.1) is 13.2 Å². The Kier molecular flexibility index (Phi) is 5.46. The van der Waals surface area contributed by atoms with Crippen molar-refractivity contribution in [3.8, 4) is 17.1 Å². The molecular formula is C23H18F4N4O3. The third-order valence-corrected chi connectivity index (χ3v) is 5.64. The summed E-state index contributed by atoms with van der Waals surface area (Å²) in [5.74, 6) is -0.626. The Labute approximate surface area is 190 Å². The number of nitrogens with one attached hydrogen (secondary N) is 1. The molecule has 3 heterocycles. The standard InChI is InChI=1S/C23H18F4N4O3/c24-16-5-1-3-14(9-16)20-29-21(34-30-20)15-4-2-8-31(12-15)22(32)19-10-13-6-7-17(11-18(13)28-19)33-23(25,26)27/h1,3,5-7,9-11,15,28H,2,4,8,12H2/t15-/m1/s1. The molecule has 1 amide bonds. The van der Waals surface area contributed by atoms with Crippen LogP contribution in [0.15, 0.2) is 53.1 Å². The van der Waals surface area contributed by atoms with Gasteiger partial charge in [0.15, 0.2) is 0 Å². The van der Waals surface area contributed by atoms with Gasteiger partial charge in [0.1, 0.15) is 17.3 Å². The van der Waals surface area contributed by atoms with Crippen LogP contribution in [0.1, 0.15) is 35.1 Å². The van der Waals surface area contributed by atoms with Crippen LogP contribution in [0.25, 0.3) is 22.3 Å². The number of rotatable bonds is 4. The number of ether oxygens (including phenoxy) is 1. The molecule has 1 atom stereocenters. The molecule has 0 bridgehead atoms. The van der Waals surface area contributed by atoms with Crippen molar-refractivity contribution < 1.29 is 31.6 Å². The van der Waals surface area contributed by atoms with E-state index < -0.39 is 12.2 Å². The van der Waals surface area contributed by atoms with Crippen LogP contribution in [-0.4, -0.2) is 45.4 Å². The molecule has 0 aliphatic carbocycles. The zero-order valence-corrected chi connectivity index (χ0v) is 17.6. The number of amides is 1. The van der Waals surface area contributed by atoms with E-state index in [1.54, 1.807) is 23.1 Å². The first kappa shape index (κ1) is 21.9. The van der Waals surface area contributed by atoms with Crippen molar-refractivity contribution in [1.82, 2.24) is 20.0 Å². The SMILES string of the molecule is O=C(c1cc2ccc(OC(F)(F)F)cc2[nH]1)N1CCC[C@@H](c2nc(-c3cccc(F)c3)no2)C1. The average Bonchev–Trinajstić information content (AvgIpc) is 3.45. The third-order valence-electron chi connectivity index (χ3n) is 5.64. The number of likely N-dealkylation sites (tertiary alicyclic amines) is 1. The van der Waals surface area contributed by atoms with Crippen molar-refractivity contribution >= 4 is 16.8 Å². The summed E-state index contributed by atoms with van der Waals surface area (Å²) in [6.45, 7) is 0.847. The molecule has 5 rings (SSSR count). The second-order valence-electron chi connectivity index (χ2n) is 8.04. The fourth-order valence-electron chi connectivity index (χ4n) is 4.10. The summed E-state index contributed by atoms with van der Waals surface area (Å²) in [4.78, 5) is 22.0. The molecule has 2 aromatic carbocycles. The number of aromatic nitrogens is 3. The average molecular weight is 474 g/mol. The lowest BCUT2D eigenvalue weighted by Gasteiger charge is -2.30. The van der Waals surface area contributed by atoms with Gasteiger partial charge in [0.25, 0.3) is 5.91 Å². The molecule has 0 spiro atoms. The Balaban J connectivity index is 1.32. The van der Waals surface area contributed by atoms with Crippen LogP contribution in [0.2, 0.25) is 0 Å². The Morgan fingerprint density at radius 1 is 1.18 bits per heavy atom. The summed E-state index contributed by atoms with van der Waals surface area (Å²) < 4.78 is 60.3. The Bertz CT molecular complexity index is 1350. The number of hydrogen-bond acceptors (Lipinski definition) is 5. The first-order valence-corrected chi connectivity index (χ1v) is 10.5. The number of aromatic amines is 1. The third kappa shape index (κ3) is 4.59. The van der Waals surface area contributed by atoms with Gasteiger partial charge in [0, 0.05) is 35.6 Å². The molecule has 0 unspecified atom stereocenters. The van der Waals surface area contributed by atoms with Crippen molar-refractivity contribution in [3.63, 3.8) is 0 Å². The lowest BCUT2D eigenvalue weighted by atomic mass is 9.97. The zero-order chi connectivity index (χ0) is 23.9. The molecule has 11 heteroatoms. The van der Waals surface area contributed by atoms with E-state index in [9.17, 15) is 22.4 Å². The van der Waals surface area contributed by atoms with Gasteiger partial charge in [-0.25, -0.2) is 4.39 Å². The number of piperidine rings is 1. The predicted octanol–water partition coefficient (Wildman–Crippen LogP) is 5.28. The van der Waals surface area contributed by atoms with Crippen molar-refractivity contribution in [2.24, 2.45) is 0 Å². The van der Waals surface area contributed by atoms with Crippen LogP contribution in [0.5, 0.6) is 5.75 Å². The normalized spacial score (nSPS) is 16.7. The number of carbonyl (C=O) groups excluding carboxylic acids is 1. The van der Waals surface area contributed by atoms with Gasteiger partial charge < -0.3 is 19.1 Å². The molecule has 1 N–H and O–H groups in total. The van der Waals surface area contributed by atoms with Crippen LogP contribution in [0, 0.1) is 5.82 Å². The Hall–Kier alpha value is -3.89. The summed E-state index contributed by atoms with van der Waals surface area (Å²) in [5.41, 5.74) is 1.10. The minimum Gasteiger partial charge on any atom is -0.406 e. The van der Waals surface area contributed by atoms with Gasteiger partial charge in [-0.2, -0.15) is 4.98 Å². The quantitative estimate of drug-likeness (QED) is 0.407. The minimum atomic E-state index is -4.80. The van der Waals surface area contributed by atoms with E-state index in [-0.39, 0.29) is 29.1 Å². The van der Waals surface area contributed by atoms with E-state index >= 15 is 0 Å². The van der Waals surface area contributed by atoms with Gasteiger partial charge >= 0.3 is 6.36 Å². The first-order chi connectivity index (χ1) is 16.2. The van der Waals surface area contributed by atoms with E-state index in [4.69, 9.17) is 4.52 Å². The van der Waals surface area contributed by atoms with Crippen molar-refractivity contribution in [2.45, 2.75) is 25.1 Å². The lowest BCUT2D eigenvalue weighted by molar-refractivity contribution is -0.274. The van der Waals surface area contributed by atoms with Crippen molar-refractivity contribution in [1.29, 1.82) is 0 Å². The van der Waals surface area contributed by atoms with Crippen LogP contribution in [-0.2, 0) is 0 Å². The second-order valence-corrected chi connectivity index (χ2v) is 8.04. The molecule has 1 saturated heterocycles. The maximum absolute atomic E-state index is 13.5. The highest BCUT2D eigenvalue weighted by Crippen LogP contribution is 2.30. The topological polar surface area (TPSA) is 84.3 Å². The molecule has 0 radical (unpaired) electrons. The van der Waals surface area contributed by atoms with Crippen molar-refractivity contribution in [2.75, 3.05) is 13.1 Å². The van der Waals surface area contributed by atoms with Gasteiger partial charge in [-0.1, -0.05) is 17.3 Å². The maximum Gasteiger partial charge on any atom is 0.573 e. The fourth-order valence-corrected chi connectivity index (χ4v) is 4.10. The number of nitrogens with zero attached hydrogens (tertiary/aromatic N) is 3. The molecule has 4 aromatic rings. The van der Waals surface area contributed by atoms with Gasteiger partial charge in [-0.3, -0.25) is 4.79 Å². The van der Waals surface area contributed by atoms with E-state index in [0.29, 0.717) is 41.9 Å². The first-order valence-electron chi connectivity index (χ1n) is 10.5. The summed E-state index contributed by atoms with van der Waals surface area (Å²) >= 11 is 0. The Morgan fingerprint density at radius 2 is 2.03 bits per heavy atom. The lowest BCUT2D eigenvalue weighted by Crippen LogP contribution is -2.39. The van der Waals surface area contributed by atoms with Crippen LogP contribution in [0.3, 0.4) is 0 Å². The predicted molar refractivity (Wildman–Crippen MR) is 113 cm³/mol. The maximum atomic E-state index is 13.5. The molecule has 2 aromatic heterocycles. The highest BCUT2D eigenvalue weighted by atomic mass is 19.4. The van der Waals surface area contributed by atoms with Crippen LogP contribution >= 0.6 is 0 Å². The zero-order valence-electron chi connectivity index (χ0n) is 17.6. The number of alkyl halides is 3. The molecule has 1 aliphatic rings. The summed E-state index contributed by atoms with van der Waals surface area (Å²) in [5, 5.41) is 4.53. The smallest absolute Gasteiger partial charge is 0.406 e. The molecule has 7 nitrogen and oxygen atoms in total. The molecule has 176 valence electrons. The number of benzene rings is 2. The number of H-pyrrole nitrogens is 1. The molecule has 1 fully saturated rings. The molecular weight excluding hydrogens is 456 g/mol. The Morgan fingerprint density at radius 3 is 2.82 bits per heavy atom. The number of hydrogen-bond donors (Lipinski definition) is 1. The number of halogens is 4. The van der Waals surface area contributed by atoms with Gasteiger partial charge in [-0.05, 0) is 43.2 Å². The second kappa shape index (κ2) is 8.47. The number of fused-ring (bicyclic) bond motifs is 1. The number of carbonyl (C=O) groups is 1. The van der Waals surface area contributed by atoms with Gasteiger partial charge in [0.05, 0.1) is 5.92 Å². The summed E-state index contributed by atoms with van der Waals surface area (Å²) in [7, 11) is 0. The van der Waals surface area contributed by atoms with E-state index in [1.165, 1.54) is 30.3 Å². The van der Waals surface area contributed by atoms with Gasteiger partial charge in [0.2, 0.25) is 11.7 Å².